The first-order chi connectivity index (χ1) is 13.0. The number of rotatable bonds is 7. The molecule has 1 aliphatic rings. The molecule has 1 N–H and O–H groups in total. The Morgan fingerprint density at radius 3 is 2.32 bits per heavy atom. The van der Waals surface area contributed by atoms with E-state index in [4.69, 9.17) is 0 Å². The van der Waals surface area contributed by atoms with E-state index < -0.39 is 26.7 Å². The van der Waals surface area contributed by atoms with Crippen molar-refractivity contribution in [2.24, 2.45) is 5.92 Å². The lowest BCUT2D eigenvalue weighted by Crippen LogP contribution is -2.51. The molecule has 0 bridgehead atoms. The lowest BCUT2D eigenvalue weighted by Gasteiger charge is -2.34. The van der Waals surface area contributed by atoms with E-state index >= 15 is 0 Å². The van der Waals surface area contributed by atoms with Crippen LogP contribution < -0.4 is 5.32 Å². The summed E-state index contributed by atoms with van der Waals surface area (Å²) < 4.78 is 66.0. The fourth-order valence-electron chi connectivity index (χ4n) is 2.95. The summed E-state index contributed by atoms with van der Waals surface area (Å²) >= 11 is 0. The van der Waals surface area contributed by atoms with Crippen LogP contribution >= 0.6 is 0 Å². The minimum Gasteiger partial charge on any atom is -0.355 e. The van der Waals surface area contributed by atoms with Crippen LogP contribution in [0.1, 0.15) is 25.8 Å². The molecular formula is C18H26F3N3O3S. The Labute approximate surface area is 163 Å². The fourth-order valence-corrected chi connectivity index (χ4v) is 4.59. The maximum Gasteiger partial charge on any atom is 0.417 e. The first kappa shape index (κ1) is 22.6. The van der Waals surface area contributed by atoms with Crippen molar-refractivity contribution in [3.05, 3.63) is 29.8 Å². The third-order valence-corrected chi connectivity index (χ3v) is 6.51. The number of hydrogen-bond acceptors (Lipinski definition) is 4. The molecule has 1 aromatic carbocycles. The van der Waals surface area contributed by atoms with Gasteiger partial charge in [-0.3, -0.25) is 9.69 Å². The molecule has 6 nitrogen and oxygen atoms in total. The number of hydrogen-bond donors (Lipinski definition) is 1. The van der Waals surface area contributed by atoms with Gasteiger partial charge in [0.25, 0.3) is 0 Å². The van der Waals surface area contributed by atoms with Crippen molar-refractivity contribution in [1.29, 1.82) is 0 Å². The number of nitrogens with zero attached hydrogens (tertiary/aromatic N) is 2. The van der Waals surface area contributed by atoms with Crippen LogP contribution in [-0.4, -0.2) is 62.8 Å². The summed E-state index contributed by atoms with van der Waals surface area (Å²) in [6, 6.07) is 4.19. The quantitative estimate of drug-likeness (QED) is 0.733. The summed E-state index contributed by atoms with van der Waals surface area (Å²) in [6.45, 7) is 5.48. The van der Waals surface area contributed by atoms with Gasteiger partial charge < -0.3 is 5.32 Å². The van der Waals surface area contributed by atoms with E-state index in [1.54, 1.807) is 4.90 Å². The van der Waals surface area contributed by atoms with Gasteiger partial charge in [-0.25, -0.2) is 8.42 Å². The fraction of sp³-hybridized carbons (Fsp3) is 0.611. The Balaban J connectivity index is 1.97. The molecule has 0 radical (unpaired) electrons. The highest BCUT2D eigenvalue weighted by molar-refractivity contribution is 7.89. The second kappa shape index (κ2) is 9.23. The van der Waals surface area contributed by atoms with E-state index in [0.717, 1.165) is 28.9 Å². The van der Waals surface area contributed by atoms with Crippen molar-refractivity contribution >= 4 is 15.9 Å². The molecular weight excluding hydrogens is 395 g/mol. The number of carbonyl (C=O) groups is 1. The third kappa shape index (κ3) is 5.92. The minimum atomic E-state index is -4.75. The van der Waals surface area contributed by atoms with Crippen LogP contribution in [0.4, 0.5) is 13.2 Å². The Hall–Kier alpha value is -1.65. The van der Waals surface area contributed by atoms with Gasteiger partial charge in [0, 0.05) is 32.7 Å². The summed E-state index contributed by atoms with van der Waals surface area (Å²) in [5, 5.41) is 2.82. The highest BCUT2D eigenvalue weighted by Crippen LogP contribution is 2.35. The Morgan fingerprint density at radius 1 is 1.14 bits per heavy atom. The van der Waals surface area contributed by atoms with Crippen molar-refractivity contribution < 1.29 is 26.4 Å². The predicted octanol–water partition coefficient (Wildman–Crippen LogP) is 2.17. The molecule has 28 heavy (non-hydrogen) atoms. The molecule has 1 fully saturated rings. The van der Waals surface area contributed by atoms with Crippen LogP contribution in [0.3, 0.4) is 0 Å². The van der Waals surface area contributed by atoms with Crippen molar-refractivity contribution in [3.63, 3.8) is 0 Å². The van der Waals surface area contributed by atoms with Gasteiger partial charge >= 0.3 is 6.18 Å². The molecule has 0 atom stereocenters. The van der Waals surface area contributed by atoms with Crippen molar-refractivity contribution in [2.75, 3.05) is 39.3 Å². The van der Waals surface area contributed by atoms with Gasteiger partial charge in [0.2, 0.25) is 15.9 Å². The van der Waals surface area contributed by atoms with Gasteiger partial charge in [-0.1, -0.05) is 26.0 Å². The average Bonchev–Trinajstić information content (AvgIpc) is 2.61. The van der Waals surface area contributed by atoms with E-state index in [9.17, 15) is 26.4 Å². The molecule has 0 saturated carbocycles. The molecule has 1 saturated heterocycles. The molecule has 0 aliphatic carbocycles. The molecule has 1 aromatic rings. The van der Waals surface area contributed by atoms with Crippen LogP contribution in [0.2, 0.25) is 0 Å². The van der Waals surface area contributed by atoms with E-state index in [1.165, 1.54) is 6.07 Å². The van der Waals surface area contributed by atoms with Gasteiger partial charge in [0.05, 0.1) is 17.0 Å². The number of nitrogens with one attached hydrogen (secondary N) is 1. The molecule has 0 unspecified atom stereocenters. The zero-order valence-corrected chi connectivity index (χ0v) is 16.8. The van der Waals surface area contributed by atoms with Gasteiger partial charge in [0.1, 0.15) is 0 Å². The van der Waals surface area contributed by atoms with Gasteiger partial charge in [0.15, 0.2) is 0 Å². The van der Waals surface area contributed by atoms with Crippen LogP contribution in [-0.2, 0) is 21.0 Å². The molecule has 1 amide bonds. The largest absolute Gasteiger partial charge is 0.417 e. The van der Waals surface area contributed by atoms with E-state index in [1.807, 2.05) is 0 Å². The summed E-state index contributed by atoms with van der Waals surface area (Å²) in [5.74, 6) is 0.341. The van der Waals surface area contributed by atoms with Crippen molar-refractivity contribution in [3.8, 4) is 0 Å². The summed E-state index contributed by atoms with van der Waals surface area (Å²) in [6.07, 6.45) is -3.88. The Bertz CT molecular complexity index is 774. The third-order valence-electron chi connectivity index (χ3n) is 4.55. The topological polar surface area (TPSA) is 69.7 Å². The number of alkyl halides is 3. The molecule has 2 rings (SSSR count). The summed E-state index contributed by atoms with van der Waals surface area (Å²) in [4.78, 5) is 13.0. The minimum absolute atomic E-state index is 0.0355. The van der Waals surface area contributed by atoms with E-state index in [-0.39, 0.29) is 38.6 Å². The van der Waals surface area contributed by atoms with Crippen LogP contribution in [0, 0.1) is 5.92 Å². The lowest BCUT2D eigenvalue weighted by atomic mass is 10.1. The Morgan fingerprint density at radius 2 is 1.75 bits per heavy atom. The van der Waals surface area contributed by atoms with Gasteiger partial charge in [-0.05, 0) is 24.5 Å². The molecule has 1 heterocycles. The van der Waals surface area contributed by atoms with Crippen LogP contribution in [0.5, 0.6) is 0 Å². The first-order valence-corrected chi connectivity index (χ1v) is 10.6. The zero-order chi connectivity index (χ0) is 20.9. The maximum atomic E-state index is 13.2. The monoisotopic (exact) mass is 421 g/mol. The zero-order valence-electron chi connectivity index (χ0n) is 16.0. The molecule has 0 aromatic heterocycles. The number of halogens is 3. The highest BCUT2D eigenvalue weighted by Gasteiger charge is 2.39. The first-order valence-electron chi connectivity index (χ1n) is 9.17. The maximum absolute atomic E-state index is 13.2. The average molecular weight is 421 g/mol. The summed E-state index contributed by atoms with van der Waals surface area (Å²) in [5.41, 5.74) is -1.16. The normalized spacial score (nSPS) is 17.1. The molecule has 0 spiro atoms. The number of sulfonamides is 1. The standard InChI is InChI=1S/C18H26F3N3O3S/c1-14(2)7-8-22-17(25)13-23-9-11-24(12-10-23)28(26,27)16-6-4-3-5-15(16)18(19,20)21/h3-6,14H,7-13H2,1-2H3,(H,22,25). The van der Waals surface area contributed by atoms with Crippen LogP contribution in [0.25, 0.3) is 0 Å². The van der Waals surface area contributed by atoms with E-state index in [0.29, 0.717) is 12.5 Å². The number of piperazine rings is 1. The van der Waals surface area contributed by atoms with Crippen LogP contribution in [0.15, 0.2) is 29.2 Å². The van der Waals surface area contributed by atoms with Gasteiger partial charge in [-0.15, -0.1) is 0 Å². The molecule has 1 aliphatic heterocycles. The number of benzene rings is 1. The second-order valence-electron chi connectivity index (χ2n) is 7.21. The van der Waals surface area contributed by atoms with Gasteiger partial charge in [-0.2, -0.15) is 17.5 Å². The lowest BCUT2D eigenvalue weighted by molar-refractivity contribution is -0.140. The highest BCUT2D eigenvalue weighted by atomic mass is 32.2. The number of carbonyl (C=O) groups excluding carboxylic acids is 1. The summed E-state index contributed by atoms with van der Waals surface area (Å²) in [7, 11) is -4.27. The van der Waals surface area contributed by atoms with E-state index in [2.05, 4.69) is 19.2 Å². The predicted molar refractivity (Wildman–Crippen MR) is 99.1 cm³/mol. The van der Waals surface area contributed by atoms with Crippen molar-refractivity contribution in [2.45, 2.75) is 31.3 Å². The second-order valence-corrected chi connectivity index (χ2v) is 9.11. The Kier molecular flexibility index (Phi) is 7.46. The molecule has 158 valence electrons. The SMILES string of the molecule is CC(C)CCNC(=O)CN1CCN(S(=O)(=O)c2ccccc2C(F)(F)F)CC1. The smallest absolute Gasteiger partial charge is 0.355 e. The molecule has 10 heteroatoms. The number of amides is 1. The van der Waals surface area contributed by atoms with Crippen molar-refractivity contribution in [1.82, 2.24) is 14.5 Å².